The number of benzene rings is 1. The van der Waals surface area contributed by atoms with Crippen molar-refractivity contribution in [1.29, 1.82) is 0 Å². The number of halogens is 3. The lowest BCUT2D eigenvalue weighted by Crippen LogP contribution is -1.91. The van der Waals surface area contributed by atoms with E-state index in [4.69, 9.17) is 23.2 Å². The Bertz CT molecular complexity index is 526. The van der Waals surface area contributed by atoms with Crippen molar-refractivity contribution in [2.24, 2.45) is 0 Å². The van der Waals surface area contributed by atoms with E-state index < -0.39 is 0 Å². The van der Waals surface area contributed by atoms with Crippen LogP contribution >= 0.6 is 39.1 Å². The molecule has 0 N–H and O–H groups in total. The van der Waals surface area contributed by atoms with Crippen LogP contribution < -0.4 is 0 Å². The molecule has 1 aromatic carbocycles. The van der Waals surface area contributed by atoms with Crippen molar-refractivity contribution in [3.63, 3.8) is 0 Å². The average Bonchev–Trinajstić information content (AvgIpc) is 2.28. The van der Waals surface area contributed by atoms with Crippen LogP contribution in [0.4, 0.5) is 0 Å². The minimum absolute atomic E-state index is 0.428. The minimum Gasteiger partial charge on any atom is -0.239 e. The Kier molecular flexibility index (Phi) is 3.53. The number of rotatable bonds is 1. The second-order valence-corrected chi connectivity index (χ2v) is 4.89. The van der Waals surface area contributed by atoms with Crippen molar-refractivity contribution in [3.8, 4) is 11.1 Å². The Morgan fingerprint density at radius 3 is 2.38 bits per heavy atom. The Labute approximate surface area is 113 Å². The lowest BCUT2D eigenvalue weighted by molar-refractivity contribution is 1.18. The first kappa shape index (κ1) is 11.9. The minimum atomic E-state index is 0.428. The topological polar surface area (TPSA) is 12.9 Å². The van der Waals surface area contributed by atoms with Gasteiger partial charge in [-0.1, -0.05) is 53.5 Å². The van der Waals surface area contributed by atoms with Crippen molar-refractivity contribution in [2.75, 3.05) is 0 Å². The molecule has 0 radical (unpaired) electrons. The largest absolute Gasteiger partial charge is 0.239 e. The lowest BCUT2D eigenvalue weighted by atomic mass is 10.1. The normalized spacial score (nSPS) is 10.5. The van der Waals surface area contributed by atoms with E-state index >= 15 is 0 Å². The highest BCUT2D eigenvalue weighted by Crippen LogP contribution is 2.39. The van der Waals surface area contributed by atoms with Gasteiger partial charge in [-0.2, -0.15) is 0 Å². The van der Waals surface area contributed by atoms with E-state index in [1.807, 2.05) is 37.3 Å². The summed E-state index contributed by atoms with van der Waals surface area (Å²) in [5.74, 6) is 0. The molecule has 0 saturated heterocycles. The van der Waals surface area contributed by atoms with Crippen molar-refractivity contribution >= 4 is 39.1 Å². The molecule has 0 unspecified atom stereocenters. The molecule has 1 nitrogen and oxygen atoms in total. The molecular weight excluding hydrogens is 309 g/mol. The van der Waals surface area contributed by atoms with Gasteiger partial charge in [0.05, 0.1) is 15.2 Å². The van der Waals surface area contributed by atoms with Gasteiger partial charge in [0.25, 0.3) is 0 Å². The van der Waals surface area contributed by atoms with Gasteiger partial charge < -0.3 is 0 Å². The van der Waals surface area contributed by atoms with Crippen molar-refractivity contribution in [1.82, 2.24) is 4.98 Å². The van der Waals surface area contributed by atoms with E-state index in [1.165, 1.54) is 0 Å². The highest BCUT2D eigenvalue weighted by Gasteiger charge is 2.14. The predicted octanol–water partition coefficient (Wildman–Crippen LogP) is 5.13. The summed E-state index contributed by atoms with van der Waals surface area (Å²) in [6.45, 7) is 1.86. The van der Waals surface area contributed by atoms with Gasteiger partial charge >= 0.3 is 0 Å². The van der Waals surface area contributed by atoms with Gasteiger partial charge in [0.1, 0.15) is 5.15 Å². The van der Waals surface area contributed by atoms with Crippen LogP contribution in [0.2, 0.25) is 10.2 Å². The maximum atomic E-state index is 6.27. The summed E-state index contributed by atoms with van der Waals surface area (Å²) in [5, 5.41) is 1.03. The Morgan fingerprint density at radius 2 is 1.75 bits per heavy atom. The monoisotopic (exact) mass is 315 g/mol. The molecule has 4 heteroatoms. The molecule has 1 heterocycles. The van der Waals surface area contributed by atoms with Gasteiger partial charge in [0.15, 0.2) is 0 Å². The van der Waals surface area contributed by atoms with Crippen LogP contribution in [-0.4, -0.2) is 4.98 Å². The number of hydrogen-bond acceptors (Lipinski definition) is 1. The second-order valence-electron chi connectivity index (χ2n) is 3.36. The van der Waals surface area contributed by atoms with E-state index in [2.05, 4.69) is 20.9 Å². The van der Waals surface area contributed by atoms with Gasteiger partial charge in [-0.15, -0.1) is 0 Å². The molecule has 0 saturated carbocycles. The standard InChI is InChI=1S/C12H8BrCl2N/c1-7-10(13)11(14)9(12(15)16-7)8-5-3-2-4-6-8/h2-6H,1H3. The SMILES string of the molecule is Cc1nc(Cl)c(-c2ccccc2)c(Cl)c1Br. The maximum absolute atomic E-state index is 6.27. The van der Waals surface area contributed by atoms with Crippen LogP contribution in [0, 0.1) is 6.92 Å². The third-order valence-corrected chi connectivity index (χ3v) is 4.11. The molecule has 82 valence electrons. The quantitative estimate of drug-likeness (QED) is 0.665. The van der Waals surface area contributed by atoms with E-state index in [9.17, 15) is 0 Å². The van der Waals surface area contributed by atoms with Gasteiger partial charge in [0, 0.05) is 5.56 Å². The molecule has 0 aliphatic rings. The van der Waals surface area contributed by atoms with Gasteiger partial charge in [-0.25, -0.2) is 4.98 Å². The average molecular weight is 317 g/mol. The van der Waals surface area contributed by atoms with E-state index in [-0.39, 0.29) is 0 Å². The fourth-order valence-electron chi connectivity index (χ4n) is 1.46. The molecule has 0 amide bonds. The van der Waals surface area contributed by atoms with Crippen molar-refractivity contribution in [2.45, 2.75) is 6.92 Å². The molecule has 0 bridgehead atoms. The predicted molar refractivity (Wildman–Crippen MR) is 72.1 cm³/mol. The summed E-state index contributed by atoms with van der Waals surface area (Å²) in [5.41, 5.74) is 2.52. The molecule has 0 atom stereocenters. The first-order valence-corrected chi connectivity index (χ1v) is 6.22. The third-order valence-electron chi connectivity index (χ3n) is 2.26. The zero-order chi connectivity index (χ0) is 11.7. The molecule has 0 fully saturated rings. The number of hydrogen-bond donors (Lipinski definition) is 0. The van der Waals surface area contributed by atoms with Crippen LogP contribution in [0.25, 0.3) is 11.1 Å². The zero-order valence-corrected chi connectivity index (χ0v) is 11.6. The lowest BCUT2D eigenvalue weighted by Gasteiger charge is -2.10. The van der Waals surface area contributed by atoms with Crippen LogP contribution in [0.15, 0.2) is 34.8 Å². The Balaban J connectivity index is 2.71. The van der Waals surface area contributed by atoms with Crippen LogP contribution in [0.1, 0.15) is 5.69 Å². The summed E-state index contributed by atoms with van der Waals surface area (Å²) in [6, 6.07) is 9.74. The van der Waals surface area contributed by atoms with E-state index in [0.29, 0.717) is 10.2 Å². The number of aryl methyl sites for hydroxylation is 1. The number of nitrogens with zero attached hydrogens (tertiary/aromatic N) is 1. The molecule has 1 aromatic heterocycles. The van der Waals surface area contributed by atoms with Gasteiger partial charge in [-0.05, 0) is 28.4 Å². The van der Waals surface area contributed by atoms with Crippen molar-refractivity contribution in [3.05, 3.63) is 50.7 Å². The number of aromatic nitrogens is 1. The molecule has 0 spiro atoms. The molecule has 16 heavy (non-hydrogen) atoms. The highest BCUT2D eigenvalue weighted by molar-refractivity contribution is 9.10. The van der Waals surface area contributed by atoms with Crippen LogP contribution in [0.5, 0.6) is 0 Å². The number of pyridine rings is 1. The van der Waals surface area contributed by atoms with Crippen molar-refractivity contribution < 1.29 is 0 Å². The summed E-state index contributed by atoms with van der Waals surface area (Å²) in [4.78, 5) is 4.24. The van der Waals surface area contributed by atoms with Crippen LogP contribution in [0.3, 0.4) is 0 Å². The first-order chi connectivity index (χ1) is 7.61. The zero-order valence-electron chi connectivity index (χ0n) is 8.47. The Hall–Kier alpha value is -0.570. The molecule has 0 aliphatic carbocycles. The molecule has 0 aliphatic heterocycles. The van der Waals surface area contributed by atoms with Crippen LogP contribution in [-0.2, 0) is 0 Å². The summed E-state index contributed by atoms with van der Waals surface area (Å²) in [6.07, 6.45) is 0. The fraction of sp³-hybridized carbons (Fsp3) is 0.0833. The summed E-state index contributed by atoms with van der Waals surface area (Å²) in [7, 11) is 0. The summed E-state index contributed by atoms with van der Waals surface area (Å²) >= 11 is 15.8. The highest BCUT2D eigenvalue weighted by atomic mass is 79.9. The summed E-state index contributed by atoms with van der Waals surface area (Å²) < 4.78 is 0.789. The Morgan fingerprint density at radius 1 is 1.12 bits per heavy atom. The van der Waals surface area contributed by atoms with Gasteiger partial charge in [-0.3, -0.25) is 0 Å². The molecular formula is C12H8BrCl2N. The fourth-order valence-corrected chi connectivity index (χ4v) is 2.46. The van der Waals surface area contributed by atoms with E-state index in [1.54, 1.807) is 0 Å². The van der Waals surface area contributed by atoms with E-state index in [0.717, 1.165) is 21.3 Å². The van der Waals surface area contributed by atoms with Gasteiger partial charge in [0.2, 0.25) is 0 Å². The maximum Gasteiger partial charge on any atom is 0.138 e. The first-order valence-electron chi connectivity index (χ1n) is 4.67. The molecule has 2 rings (SSSR count). The molecule has 2 aromatic rings. The smallest absolute Gasteiger partial charge is 0.138 e. The third kappa shape index (κ3) is 2.10. The second kappa shape index (κ2) is 4.74.